The molecule has 29 heavy (non-hydrogen) atoms. The third-order valence-electron chi connectivity index (χ3n) is 4.29. The van der Waals surface area contributed by atoms with Crippen molar-refractivity contribution < 1.29 is 9.63 Å². The van der Waals surface area contributed by atoms with E-state index in [-0.39, 0.29) is 17.9 Å². The standard InChI is InChI=1S/C22H16IN3O3/c23-16-11-12-19-18(14-16)21(28)26(17-9-5-2-6-10-17)22(24-19)25-29-20(27)13-15-7-3-1-4-8-15/h1-12,14H,13H2,(H,24,25). The van der Waals surface area contributed by atoms with E-state index in [1.165, 1.54) is 4.57 Å². The summed E-state index contributed by atoms with van der Waals surface area (Å²) in [4.78, 5) is 35.1. The highest BCUT2D eigenvalue weighted by molar-refractivity contribution is 14.1. The van der Waals surface area contributed by atoms with Gasteiger partial charge in [0.15, 0.2) is 0 Å². The summed E-state index contributed by atoms with van der Waals surface area (Å²) in [6.07, 6.45) is 0.106. The van der Waals surface area contributed by atoms with Crippen LogP contribution >= 0.6 is 22.6 Å². The maximum absolute atomic E-state index is 13.2. The minimum atomic E-state index is -0.479. The van der Waals surface area contributed by atoms with E-state index in [0.717, 1.165) is 9.13 Å². The molecule has 0 bridgehead atoms. The van der Waals surface area contributed by atoms with Gasteiger partial charge in [-0.2, -0.15) is 5.48 Å². The number of rotatable bonds is 5. The highest BCUT2D eigenvalue weighted by Gasteiger charge is 2.15. The molecule has 1 N–H and O–H groups in total. The van der Waals surface area contributed by atoms with E-state index in [4.69, 9.17) is 4.84 Å². The van der Waals surface area contributed by atoms with Crippen molar-refractivity contribution in [2.45, 2.75) is 6.42 Å². The van der Waals surface area contributed by atoms with Crippen LogP contribution in [0.4, 0.5) is 5.95 Å². The molecular formula is C22H16IN3O3. The smallest absolute Gasteiger partial charge is 0.336 e. The number of fused-ring (bicyclic) bond motifs is 1. The first-order valence-electron chi connectivity index (χ1n) is 8.89. The average molecular weight is 497 g/mol. The van der Waals surface area contributed by atoms with Crippen LogP contribution < -0.4 is 11.0 Å². The number of halogens is 1. The van der Waals surface area contributed by atoms with Gasteiger partial charge < -0.3 is 4.84 Å². The molecule has 3 aromatic carbocycles. The zero-order valence-electron chi connectivity index (χ0n) is 15.2. The van der Waals surface area contributed by atoms with Crippen LogP contribution in [0, 0.1) is 3.57 Å². The van der Waals surface area contributed by atoms with E-state index in [0.29, 0.717) is 16.6 Å². The molecule has 0 aliphatic rings. The van der Waals surface area contributed by atoms with Crippen LogP contribution in [-0.4, -0.2) is 15.5 Å². The number of para-hydroxylation sites is 1. The maximum Gasteiger partial charge on any atom is 0.336 e. The number of carbonyl (C=O) groups is 1. The van der Waals surface area contributed by atoms with E-state index in [1.54, 1.807) is 24.3 Å². The van der Waals surface area contributed by atoms with Crippen molar-refractivity contribution in [2.24, 2.45) is 0 Å². The predicted molar refractivity (Wildman–Crippen MR) is 120 cm³/mol. The van der Waals surface area contributed by atoms with Gasteiger partial charge in [0.2, 0.25) is 5.95 Å². The molecule has 1 aromatic heterocycles. The van der Waals surface area contributed by atoms with Crippen molar-refractivity contribution in [1.29, 1.82) is 0 Å². The van der Waals surface area contributed by atoms with Crippen molar-refractivity contribution in [2.75, 3.05) is 5.48 Å². The Morgan fingerprint density at radius 2 is 1.69 bits per heavy atom. The molecule has 0 radical (unpaired) electrons. The Kier molecular flexibility index (Phi) is 5.57. The minimum absolute atomic E-state index is 0.106. The summed E-state index contributed by atoms with van der Waals surface area (Å²) in [5, 5.41) is 0.488. The molecule has 0 aliphatic carbocycles. The monoisotopic (exact) mass is 497 g/mol. The van der Waals surface area contributed by atoms with Crippen LogP contribution in [0.15, 0.2) is 83.7 Å². The molecule has 4 rings (SSSR count). The molecular weight excluding hydrogens is 481 g/mol. The second kappa shape index (κ2) is 8.44. The number of carbonyl (C=O) groups excluding carboxylic acids is 1. The Balaban J connectivity index is 1.70. The van der Waals surface area contributed by atoms with Crippen LogP contribution in [0.2, 0.25) is 0 Å². The lowest BCUT2D eigenvalue weighted by molar-refractivity contribution is -0.139. The molecule has 0 saturated heterocycles. The van der Waals surface area contributed by atoms with Gasteiger partial charge >= 0.3 is 5.97 Å². The molecule has 6 nitrogen and oxygen atoms in total. The number of hydrogen-bond donors (Lipinski definition) is 1. The van der Waals surface area contributed by atoms with E-state index >= 15 is 0 Å². The molecule has 0 spiro atoms. The lowest BCUT2D eigenvalue weighted by atomic mass is 10.2. The van der Waals surface area contributed by atoms with Gasteiger partial charge in [0.1, 0.15) is 0 Å². The third-order valence-corrected chi connectivity index (χ3v) is 4.96. The van der Waals surface area contributed by atoms with Gasteiger partial charge in [-0.1, -0.05) is 48.5 Å². The summed E-state index contributed by atoms with van der Waals surface area (Å²) in [6.45, 7) is 0. The number of anilines is 1. The molecule has 0 atom stereocenters. The van der Waals surface area contributed by atoms with Crippen molar-refractivity contribution in [3.05, 3.63) is 98.4 Å². The fourth-order valence-corrected chi connectivity index (χ4v) is 3.44. The normalized spacial score (nSPS) is 10.7. The number of hydrogen-bond acceptors (Lipinski definition) is 5. The van der Waals surface area contributed by atoms with Crippen LogP contribution in [-0.2, 0) is 16.1 Å². The Morgan fingerprint density at radius 3 is 2.41 bits per heavy atom. The second-order valence-corrected chi connectivity index (χ2v) is 7.56. The molecule has 0 saturated carbocycles. The fraction of sp³-hybridized carbons (Fsp3) is 0.0455. The maximum atomic E-state index is 13.2. The van der Waals surface area contributed by atoms with Gasteiger partial charge in [0, 0.05) is 3.57 Å². The zero-order chi connectivity index (χ0) is 20.2. The Morgan fingerprint density at radius 1 is 1.00 bits per heavy atom. The number of benzene rings is 3. The quantitative estimate of drug-likeness (QED) is 0.332. The predicted octanol–water partition coefficient (Wildman–Crippen LogP) is 4.10. The van der Waals surface area contributed by atoms with E-state index in [9.17, 15) is 9.59 Å². The summed E-state index contributed by atoms with van der Waals surface area (Å²) in [6, 6.07) is 23.8. The molecule has 144 valence electrons. The topological polar surface area (TPSA) is 73.2 Å². The Hall–Kier alpha value is -3.20. The van der Waals surface area contributed by atoms with Crippen molar-refractivity contribution >= 4 is 45.4 Å². The molecule has 1 heterocycles. The van der Waals surface area contributed by atoms with Crippen LogP contribution in [0.25, 0.3) is 16.6 Å². The Labute approximate surface area is 180 Å². The summed E-state index contributed by atoms with van der Waals surface area (Å²) < 4.78 is 2.33. The van der Waals surface area contributed by atoms with Crippen LogP contribution in [0.1, 0.15) is 5.56 Å². The van der Waals surface area contributed by atoms with E-state index in [2.05, 4.69) is 33.1 Å². The summed E-state index contributed by atoms with van der Waals surface area (Å²) >= 11 is 2.15. The average Bonchev–Trinajstić information content (AvgIpc) is 2.74. The highest BCUT2D eigenvalue weighted by atomic mass is 127. The van der Waals surface area contributed by atoms with Gasteiger partial charge in [0.25, 0.3) is 5.56 Å². The number of nitrogens with one attached hydrogen (secondary N) is 1. The number of nitrogens with zero attached hydrogens (tertiary/aromatic N) is 2. The Bertz CT molecular complexity index is 1220. The van der Waals surface area contributed by atoms with Crippen LogP contribution in [0.3, 0.4) is 0 Å². The summed E-state index contributed by atoms with van der Waals surface area (Å²) in [7, 11) is 0. The first-order chi connectivity index (χ1) is 14.1. The first-order valence-corrected chi connectivity index (χ1v) is 9.97. The van der Waals surface area contributed by atoms with Gasteiger partial charge in [-0.15, -0.1) is 0 Å². The van der Waals surface area contributed by atoms with Gasteiger partial charge in [-0.05, 0) is 58.5 Å². The molecule has 0 fully saturated rings. The summed E-state index contributed by atoms with van der Waals surface area (Å²) in [5.74, 6) is -0.343. The molecule has 0 amide bonds. The van der Waals surface area contributed by atoms with Gasteiger partial charge in [-0.25, -0.2) is 14.3 Å². The largest absolute Gasteiger partial charge is 0.340 e. The SMILES string of the molecule is O=C(Cc1ccccc1)ONc1nc2ccc(I)cc2c(=O)n1-c1ccccc1. The third kappa shape index (κ3) is 4.29. The van der Waals surface area contributed by atoms with Gasteiger partial charge in [-0.3, -0.25) is 4.79 Å². The van der Waals surface area contributed by atoms with Crippen molar-refractivity contribution in [3.63, 3.8) is 0 Å². The molecule has 0 aliphatic heterocycles. The summed E-state index contributed by atoms with van der Waals surface area (Å²) in [5.41, 5.74) is 4.30. The van der Waals surface area contributed by atoms with E-state index in [1.807, 2.05) is 54.6 Å². The molecule has 4 aromatic rings. The lowest BCUT2D eigenvalue weighted by Gasteiger charge is -2.14. The highest BCUT2D eigenvalue weighted by Crippen LogP contribution is 2.18. The van der Waals surface area contributed by atoms with Crippen molar-refractivity contribution in [1.82, 2.24) is 9.55 Å². The van der Waals surface area contributed by atoms with Crippen molar-refractivity contribution in [3.8, 4) is 5.69 Å². The molecule has 7 heteroatoms. The fourth-order valence-electron chi connectivity index (χ4n) is 2.94. The number of aromatic nitrogens is 2. The molecule has 0 unspecified atom stereocenters. The minimum Gasteiger partial charge on any atom is -0.340 e. The lowest BCUT2D eigenvalue weighted by Crippen LogP contribution is -2.25. The zero-order valence-corrected chi connectivity index (χ0v) is 17.4. The van der Waals surface area contributed by atoms with Crippen LogP contribution in [0.5, 0.6) is 0 Å². The van der Waals surface area contributed by atoms with Gasteiger partial charge in [0.05, 0.1) is 23.0 Å². The first kappa shape index (κ1) is 19.1. The second-order valence-electron chi connectivity index (χ2n) is 6.31. The van der Waals surface area contributed by atoms with E-state index < -0.39 is 5.97 Å².